The highest BCUT2D eigenvalue weighted by Crippen LogP contribution is 2.39. The van der Waals surface area contributed by atoms with E-state index >= 15 is 0 Å². The van der Waals surface area contributed by atoms with Crippen LogP contribution in [0.5, 0.6) is 11.5 Å². The van der Waals surface area contributed by atoms with Crippen molar-refractivity contribution < 1.29 is 14.6 Å². The van der Waals surface area contributed by atoms with Crippen molar-refractivity contribution in [1.29, 1.82) is 0 Å². The smallest absolute Gasteiger partial charge is 0.162 e. The summed E-state index contributed by atoms with van der Waals surface area (Å²) in [4.78, 5) is 0. The maximum atomic E-state index is 10.4. The van der Waals surface area contributed by atoms with Crippen LogP contribution >= 0.6 is 11.6 Å². The fourth-order valence-corrected chi connectivity index (χ4v) is 2.61. The Bertz CT molecular complexity index is 434. The van der Waals surface area contributed by atoms with E-state index in [2.05, 4.69) is 6.92 Å². The first kappa shape index (κ1) is 14.5. The topological polar surface area (TPSA) is 38.7 Å². The molecule has 1 N–H and O–H groups in total. The van der Waals surface area contributed by atoms with Gasteiger partial charge in [-0.2, -0.15) is 0 Å². The van der Waals surface area contributed by atoms with Gasteiger partial charge in [-0.15, -0.1) is 0 Å². The molecule has 0 aromatic heterocycles. The van der Waals surface area contributed by atoms with Crippen molar-refractivity contribution in [2.45, 2.75) is 39.2 Å². The average Bonchev–Trinajstić information content (AvgIpc) is 2.62. The second-order valence-electron chi connectivity index (χ2n) is 5.08. The molecule has 106 valence electrons. The van der Waals surface area contributed by atoms with E-state index in [1.165, 1.54) is 0 Å². The number of hydrogen-bond donors (Lipinski definition) is 1. The van der Waals surface area contributed by atoms with Crippen molar-refractivity contribution in [3.63, 3.8) is 0 Å². The Morgan fingerprint density at radius 1 is 1.26 bits per heavy atom. The number of rotatable bonds is 4. The van der Waals surface area contributed by atoms with E-state index in [0.717, 1.165) is 24.8 Å². The van der Waals surface area contributed by atoms with E-state index in [9.17, 15) is 5.11 Å². The van der Waals surface area contributed by atoms with Crippen LogP contribution in [0.15, 0.2) is 12.1 Å². The predicted octanol–water partition coefficient (Wildman–Crippen LogP) is 3.97. The van der Waals surface area contributed by atoms with Crippen LogP contribution in [-0.2, 0) is 0 Å². The molecule has 1 aromatic rings. The molecular weight excluding hydrogens is 264 g/mol. The van der Waals surface area contributed by atoms with Gasteiger partial charge in [-0.25, -0.2) is 0 Å². The van der Waals surface area contributed by atoms with Gasteiger partial charge in [-0.3, -0.25) is 0 Å². The van der Waals surface area contributed by atoms with Gasteiger partial charge in [0.05, 0.1) is 24.3 Å². The van der Waals surface area contributed by atoms with Crippen LogP contribution in [0.2, 0.25) is 5.02 Å². The van der Waals surface area contributed by atoms with Gasteiger partial charge in [0.2, 0.25) is 0 Å². The average molecular weight is 285 g/mol. The third kappa shape index (κ3) is 3.34. The minimum absolute atomic E-state index is 0.173. The predicted molar refractivity (Wildman–Crippen MR) is 76.1 cm³/mol. The van der Waals surface area contributed by atoms with Crippen LogP contribution in [0.3, 0.4) is 0 Å². The van der Waals surface area contributed by atoms with Crippen LogP contribution in [0.1, 0.15) is 44.8 Å². The van der Waals surface area contributed by atoms with E-state index in [4.69, 9.17) is 21.1 Å². The van der Waals surface area contributed by atoms with Gasteiger partial charge in [-0.05, 0) is 18.4 Å². The molecule has 19 heavy (non-hydrogen) atoms. The van der Waals surface area contributed by atoms with Gasteiger partial charge in [0, 0.05) is 18.1 Å². The molecule has 0 bridgehead atoms. The Morgan fingerprint density at radius 2 is 1.89 bits per heavy atom. The third-order valence-corrected chi connectivity index (χ3v) is 3.80. The quantitative estimate of drug-likeness (QED) is 0.909. The van der Waals surface area contributed by atoms with Crippen molar-refractivity contribution in [3.8, 4) is 11.5 Å². The monoisotopic (exact) mass is 284 g/mol. The number of aliphatic hydroxyl groups is 1. The number of hydrogen-bond acceptors (Lipinski definition) is 3. The third-order valence-electron chi connectivity index (χ3n) is 3.47. The molecule has 3 nitrogen and oxygen atoms in total. The molecule has 2 unspecified atom stereocenters. The molecule has 0 spiro atoms. The zero-order valence-corrected chi connectivity index (χ0v) is 12.2. The van der Waals surface area contributed by atoms with E-state index in [0.29, 0.717) is 29.7 Å². The minimum atomic E-state index is -0.565. The molecule has 1 aromatic carbocycles. The minimum Gasteiger partial charge on any atom is -0.490 e. The van der Waals surface area contributed by atoms with Gasteiger partial charge in [0.15, 0.2) is 11.5 Å². The van der Waals surface area contributed by atoms with Gasteiger partial charge < -0.3 is 14.6 Å². The van der Waals surface area contributed by atoms with Crippen molar-refractivity contribution in [2.24, 2.45) is 5.92 Å². The summed E-state index contributed by atoms with van der Waals surface area (Å²) in [5.74, 6) is 1.52. The first-order chi connectivity index (χ1) is 9.13. The number of halogens is 1. The summed E-state index contributed by atoms with van der Waals surface area (Å²) in [7, 11) is 0. The molecular formula is C15H21ClO3. The lowest BCUT2D eigenvalue weighted by Crippen LogP contribution is -2.10. The highest BCUT2D eigenvalue weighted by Gasteiger charge is 2.22. The summed E-state index contributed by atoms with van der Waals surface area (Å²) >= 11 is 6.26. The van der Waals surface area contributed by atoms with Crippen LogP contribution in [-0.4, -0.2) is 18.3 Å². The molecule has 0 radical (unpaired) electrons. The fraction of sp³-hybridized carbons (Fsp3) is 0.600. The first-order valence-corrected chi connectivity index (χ1v) is 7.28. The number of fused-ring (bicyclic) bond motifs is 1. The highest BCUT2D eigenvalue weighted by molar-refractivity contribution is 6.31. The van der Waals surface area contributed by atoms with Crippen LogP contribution in [0.25, 0.3) is 0 Å². The van der Waals surface area contributed by atoms with E-state index < -0.39 is 6.10 Å². The largest absolute Gasteiger partial charge is 0.490 e. The SMILES string of the molecule is CCCC(C)C(O)c1cc2c(cc1Cl)OCCCO2. The van der Waals surface area contributed by atoms with Crippen LogP contribution in [0, 0.1) is 5.92 Å². The summed E-state index contributed by atoms with van der Waals surface area (Å²) in [6, 6.07) is 3.57. The molecule has 0 amide bonds. The molecule has 1 heterocycles. The van der Waals surface area contributed by atoms with Crippen molar-refractivity contribution in [3.05, 3.63) is 22.7 Å². The zero-order chi connectivity index (χ0) is 13.8. The van der Waals surface area contributed by atoms with E-state index in [-0.39, 0.29) is 5.92 Å². The summed E-state index contributed by atoms with van der Waals surface area (Å²) in [5.41, 5.74) is 0.729. The summed E-state index contributed by atoms with van der Waals surface area (Å²) in [6.07, 6.45) is 2.30. The second kappa shape index (κ2) is 6.49. The molecule has 0 saturated heterocycles. The lowest BCUT2D eigenvalue weighted by Gasteiger charge is -2.21. The van der Waals surface area contributed by atoms with Crippen molar-refractivity contribution in [1.82, 2.24) is 0 Å². The van der Waals surface area contributed by atoms with Gasteiger partial charge in [0.25, 0.3) is 0 Å². The van der Waals surface area contributed by atoms with Crippen LogP contribution < -0.4 is 9.47 Å². The van der Waals surface area contributed by atoms with Gasteiger partial charge in [0.1, 0.15) is 0 Å². The lowest BCUT2D eigenvalue weighted by atomic mass is 9.93. The Balaban J connectivity index is 2.28. The lowest BCUT2D eigenvalue weighted by molar-refractivity contribution is 0.112. The fourth-order valence-electron chi connectivity index (χ4n) is 2.35. The standard InChI is InChI=1S/C15H21ClO3/c1-3-5-10(2)15(17)11-8-13-14(9-12(11)16)19-7-4-6-18-13/h8-10,15,17H,3-7H2,1-2H3. The second-order valence-corrected chi connectivity index (χ2v) is 5.49. The number of aliphatic hydroxyl groups excluding tert-OH is 1. The van der Waals surface area contributed by atoms with Crippen molar-refractivity contribution >= 4 is 11.6 Å². The molecule has 0 fully saturated rings. The zero-order valence-electron chi connectivity index (χ0n) is 11.5. The normalized spacial score (nSPS) is 17.7. The highest BCUT2D eigenvalue weighted by atomic mass is 35.5. The Morgan fingerprint density at radius 3 is 2.53 bits per heavy atom. The maximum absolute atomic E-state index is 10.4. The van der Waals surface area contributed by atoms with Crippen LogP contribution in [0.4, 0.5) is 0 Å². The van der Waals surface area contributed by atoms with E-state index in [1.54, 1.807) is 6.07 Å². The molecule has 2 rings (SSSR count). The molecule has 4 heteroatoms. The van der Waals surface area contributed by atoms with Crippen molar-refractivity contribution in [2.75, 3.05) is 13.2 Å². The molecule has 1 aliphatic heterocycles. The van der Waals surface area contributed by atoms with Gasteiger partial charge >= 0.3 is 0 Å². The van der Waals surface area contributed by atoms with E-state index in [1.807, 2.05) is 13.0 Å². The Labute approximate surface area is 119 Å². The molecule has 1 aliphatic rings. The first-order valence-electron chi connectivity index (χ1n) is 6.90. The Hall–Kier alpha value is -0.930. The molecule has 0 aliphatic carbocycles. The molecule has 0 saturated carbocycles. The number of benzene rings is 1. The maximum Gasteiger partial charge on any atom is 0.162 e. The molecule has 2 atom stereocenters. The summed E-state index contributed by atoms with van der Waals surface area (Å²) < 4.78 is 11.2. The summed E-state index contributed by atoms with van der Waals surface area (Å²) in [6.45, 7) is 5.42. The summed E-state index contributed by atoms with van der Waals surface area (Å²) in [5, 5.41) is 10.9. The Kier molecular flexibility index (Phi) is 4.94. The van der Waals surface area contributed by atoms with Gasteiger partial charge in [-0.1, -0.05) is 31.9 Å². The number of ether oxygens (including phenoxy) is 2.